The van der Waals surface area contributed by atoms with Crippen LogP contribution in [0.25, 0.3) is 0 Å². The van der Waals surface area contributed by atoms with Gasteiger partial charge in [0.1, 0.15) is 0 Å². The van der Waals surface area contributed by atoms with Gasteiger partial charge in [0, 0.05) is 6.54 Å². The molecule has 0 bridgehead atoms. The molecule has 1 aromatic heterocycles. The molecule has 2 rings (SSSR count). The Morgan fingerprint density at radius 3 is 2.79 bits per heavy atom. The van der Waals surface area contributed by atoms with Crippen molar-refractivity contribution in [2.45, 2.75) is 58.4 Å². The molecule has 0 spiro atoms. The predicted octanol–water partition coefficient (Wildman–Crippen LogP) is 3.12. The second-order valence-corrected chi connectivity index (χ2v) is 5.49. The van der Waals surface area contributed by atoms with E-state index in [0.717, 1.165) is 25.4 Å². The average molecular weight is 266 g/mol. The summed E-state index contributed by atoms with van der Waals surface area (Å²) in [6.45, 7) is 6.09. The molecule has 19 heavy (non-hydrogen) atoms. The first kappa shape index (κ1) is 14.3. The molecule has 0 aliphatic heterocycles. The number of aromatic nitrogens is 2. The lowest BCUT2D eigenvalue weighted by atomic mass is 10.0. The van der Waals surface area contributed by atoms with Gasteiger partial charge < -0.3 is 15.1 Å². The van der Waals surface area contributed by atoms with Gasteiger partial charge in [0.25, 0.3) is 0 Å². The van der Waals surface area contributed by atoms with Crippen molar-refractivity contribution in [2.75, 3.05) is 18.4 Å². The maximum absolute atomic E-state index is 5.61. The van der Waals surface area contributed by atoms with Gasteiger partial charge in [0.2, 0.25) is 5.89 Å². The third-order valence-corrected chi connectivity index (χ3v) is 3.82. The predicted molar refractivity (Wildman–Crippen MR) is 76.1 cm³/mol. The smallest absolute Gasteiger partial charge is 0.315 e. The highest BCUT2D eigenvalue weighted by Crippen LogP contribution is 2.27. The van der Waals surface area contributed by atoms with Crippen LogP contribution in [0.1, 0.15) is 64.3 Å². The zero-order valence-electron chi connectivity index (χ0n) is 12.1. The molecule has 5 heteroatoms. The van der Waals surface area contributed by atoms with Gasteiger partial charge in [-0.2, -0.15) is 0 Å². The van der Waals surface area contributed by atoms with Gasteiger partial charge in [-0.15, -0.1) is 5.10 Å². The SMILES string of the molecule is CCCNC(C)c1nnc(NCCC2CCCC2)o1. The fourth-order valence-electron chi connectivity index (χ4n) is 2.61. The highest BCUT2D eigenvalue weighted by atomic mass is 16.4. The molecule has 1 fully saturated rings. The standard InChI is InChI=1S/C14H26N4O/c1-3-9-15-11(2)13-17-18-14(19-13)16-10-8-12-6-4-5-7-12/h11-12,15H,3-10H2,1-2H3,(H,16,18). The van der Waals surface area contributed by atoms with Crippen LogP contribution < -0.4 is 10.6 Å². The van der Waals surface area contributed by atoms with Crippen molar-refractivity contribution in [3.63, 3.8) is 0 Å². The average Bonchev–Trinajstić information content (AvgIpc) is 3.07. The number of anilines is 1. The number of rotatable bonds is 8. The molecule has 5 nitrogen and oxygen atoms in total. The Hall–Kier alpha value is -1.10. The molecule has 1 aliphatic carbocycles. The maximum Gasteiger partial charge on any atom is 0.315 e. The molecule has 0 radical (unpaired) electrons. The minimum atomic E-state index is 0.123. The normalized spacial score (nSPS) is 17.8. The molecule has 1 unspecified atom stereocenters. The Morgan fingerprint density at radius 1 is 1.26 bits per heavy atom. The summed E-state index contributed by atoms with van der Waals surface area (Å²) in [4.78, 5) is 0. The topological polar surface area (TPSA) is 63.0 Å². The third kappa shape index (κ3) is 4.49. The summed E-state index contributed by atoms with van der Waals surface area (Å²) in [5.41, 5.74) is 0. The largest absolute Gasteiger partial charge is 0.406 e. The first-order valence-corrected chi connectivity index (χ1v) is 7.60. The molecule has 1 saturated carbocycles. The van der Waals surface area contributed by atoms with E-state index in [1.54, 1.807) is 0 Å². The number of nitrogens with one attached hydrogen (secondary N) is 2. The zero-order chi connectivity index (χ0) is 13.5. The first-order valence-electron chi connectivity index (χ1n) is 7.60. The summed E-state index contributed by atoms with van der Waals surface area (Å²) in [6, 6.07) is 0.677. The summed E-state index contributed by atoms with van der Waals surface area (Å²) in [5, 5.41) is 14.7. The van der Waals surface area contributed by atoms with Crippen molar-refractivity contribution in [2.24, 2.45) is 5.92 Å². The van der Waals surface area contributed by atoms with Crippen LogP contribution in [0.2, 0.25) is 0 Å². The van der Waals surface area contributed by atoms with Crippen molar-refractivity contribution in [1.82, 2.24) is 15.5 Å². The summed E-state index contributed by atoms with van der Waals surface area (Å²) in [7, 11) is 0. The van der Waals surface area contributed by atoms with Crippen LogP contribution in [0.15, 0.2) is 4.42 Å². The Bertz CT molecular complexity index is 360. The molecule has 1 heterocycles. The zero-order valence-corrected chi connectivity index (χ0v) is 12.1. The van der Waals surface area contributed by atoms with Gasteiger partial charge in [-0.1, -0.05) is 37.7 Å². The van der Waals surface area contributed by atoms with Crippen LogP contribution in [0.4, 0.5) is 6.01 Å². The van der Waals surface area contributed by atoms with E-state index in [-0.39, 0.29) is 6.04 Å². The number of hydrogen-bond donors (Lipinski definition) is 2. The summed E-state index contributed by atoms with van der Waals surface area (Å²) < 4.78 is 5.61. The second-order valence-electron chi connectivity index (χ2n) is 5.49. The Kier molecular flexibility index (Phi) is 5.63. The Balaban J connectivity index is 1.70. The van der Waals surface area contributed by atoms with Crippen molar-refractivity contribution in [3.8, 4) is 0 Å². The van der Waals surface area contributed by atoms with Crippen molar-refractivity contribution in [1.29, 1.82) is 0 Å². The molecule has 0 amide bonds. The summed E-state index contributed by atoms with van der Waals surface area (Å²) >= 11 is 0. The maximum atomic E-state index is 5.61. The van der Waals surface area contributed by atoms with Crippen molar-refractivity contribution in [3.05, 3.63) is 5.89 Å². The lowest BCUT2D eigenvalue weighted by molar-refractivity contribution is 0.421. The van der Waals surface area contributed by atoms with Crippen molar-refractivity contribution < 1.29 is 4.42 Å². The van der Waals surface area contributed by atoms with E-state index in [4.69, 9.17) is 4.42 Å². The van der Waals surface area contributed by atoms with Gasteiger partial charge in [-0.3, -0.25) is 0 Å². The van der Waals surface area contributed by atoms with Crippen LogP contribution in [-0.2, 0) is 0 Å². The number of hydrogen-bond acceptors (Lipinski definition) is 5. The number of nitrogens with zero attached hydrogens (tertiary/aromatic N) is 2. The first-order chi connectivity index (χ1) is 9.29. The van der Waals surface area contributed by atoms with E-state index in [2.05, 4.69) is 27.8 Å². The van der Waals surface area contributed by atoms with Gasteiger partial charge >= 0.3 is 6.01 Å². The van der Waals surface area contributed by atoms with E-state index < -0.39 is 0 Å². The van der Waals surface area contributed by atoms with Crippen molar-refractivity contribution >= 4 is 6.01 Å². The molecule has 1 aromatic rings. The summed E-state index contributed by atoms with van der Waals surface area (Å²) in [5.74, 6) is 1.55. The van der Waals surface area contributed by atoms with Gasteiger partial charge in [-0.25, -0.2) is 0 Å². The van der Waals surface area contributed by atoms with Crippen LogP contribution >= 0.6 is 0 Å². The van der Waals surface area contributed by atoms with E-state index >= 15 is 0 Å². The van der Waals surface area contributed by atoms with E-state index in [9.17, 15) is 0 Å². The lowest BCUT2D eigenvalue weighted by Gasteiger charge is -2.08. The Labute approximate surface area is 115 Å². The minimum absolute atomic E-state index is 0.123. The van der Waals surface area contributed by atoms with Crippen LogP contribution in [-0.4, -0.2) is 23.3 Å². The van der Waals surface area contributed by atoms with Crippen LogP contribution in [0, 0.1) is 5.92 Å². The fourth-order valence-corrected chi connectivity index (χ4v) is 2.61. The minimum Gasteiger partial charge on any atom is -0.406 e. The monoisotopic (exact) mass is 266 g/mol. The molecular weight excluding hydrogens is 240 g/mol. The highest BCUT2D eigenvalue weighted by Gasteiger charge is 2.16. The lowest BCUT2D eigenvalue weighted by Crippen LogP contribution is -2.19. The molecule has 1 aliphatic rings. The second kappa shape index (κ2) is 7.48. The van der Waals surface area contributed by atoms with E-state index in [1.165, 1.54) is 32.1 Å². The van der Waals surface area contributed by atoms with Gasteiger partial charge in [0.15, 0.2) is 0 Å². The molecule has 1 atom stereocenters. The quantitative estimate of drug-likeness (QED) is 0.757. The summed E-state index contributed by atoms with van der Waals surface area (Å²) in [6.07, 6.45) is 7.88. The molecule has 0 saturated heterocycles. The van der Waals surface area contributed by atoms with E-state index in [1.807, 2.05) is 6.92 Å². The fraction of sp³-hybridized carbons (Fsp3) is 0.857. The van der Waals surface area contributed by atoms with Crippen LogP contribution in [0.5, 0.6) is 0 Å². The van der Waals surface area contributed by atoms with Crippen LogP contribution in [0.3, 0.4) is 0 Å². The Morgan fingerprint density at radius 2 is 2.05 bits per heavy atom. The van der Waals surface area contributed by atoms with E-state index in [0.29, 0.717) is 11.9 Å². The highest BCUT2D eigenvalue weighted by molar-refractivity contribution is 5.17. The molecular formula is C14H26N4O. The molecule has 0 aromatic carbocycles. The molecule has 2 N–H and O–H groups in total. The van der Waals surface area contributed by atoms with Gasteiger partial charge in [-0.05, 0) is 32.2 Å². The van der Waals surface area contributed by atoms with Gasteiger partial charge in [0.05, 0.1) is 6.04 Å². The molecule has 108 valence electrons. The third-order valence-electron chi connectivity index (χ3n) is 3.82.